The third-order valence-corrected chi connectivity index (χ3v) is 3.40. The van der Waals surface area contributed by atoms with E-state index in [9.17, 15) is 4.79 Å². The van der Waals surface area contributed by atoms with Gasteiger partial charge < -0.3 is 5.32 Å². The third-order valence-electron chi connectivity index (χ3n) is 2.25. The molecule has 0 fully saturated rings. The molecule has 1 aromatic heterocycles. The Morgan fingerprint density at radius 3 is 2.76 bits per heavy atom. The Kier molecular flexibility index (Phi) is 3.63. The number of hydrogen-bond donors (Lipinski definition) is 2. The van der Waals surface area contributed by atoms with Gasteiger partial charge in [0.15, 0.2) is 0 Å². The maximum Gasteiger partial charge on any atom is 0.259 e. The zero-order valence-electron chi connectivity index (χ0n) is 8.92. The van der Waals surface area contributed by atoms with Gasteiger partial charge in [-0.3, -0.25) is 9.89 Å². The maximum atomic E-state index is 11.9. The molecule has 0 bridgehead atoms. The highest BCUT2D eigenvalue weighted by molar-refractivity contribution is 9.11. The topological polar surface area (TPSA) is 57.8 Å². The molecule has 2 aromatic rings. The number of benzene rings is 1. The van der Waals surface area contributed by atoms with Crippen LogP contribution in [0.15, 0.2) is 33.3 Å². The quantitative estimate of drug-likeness (QED) is 0.863. The summed E-state index contributed by atoms with van der Waals surface area (Å²) in [6.45, 7) is 1.80. The molecular weight excluding hydrogens is 350 g/mol. The van der Waals surface area contributed by atoms with Gasteiger partial charge in [0.2, 0.25) is 0 Å². The van der Waals surface area contributed by atoms with E-state index < -0.39 is 0 Å². The van der Waals surface area contributed by atoms with E-state index in [1.807, 2.05) is 18.2 Å². The lowest BCUT2D eigenvalue weighted by Crippen LogP contribution is -2.12. The predicted molar refractivity (Wildman–Crippen MR) is 73.1 cm³/mol. The number of aromatic nitrogens is 2. The zero-order valence-corrected chi connectivity index (χ0v) is 12.1. The standard InChI is InChI=1S/C11H9Br2N3O/c1-6-8(5-14-16-6)11(17)15-10-3-2-7(12)4-9(10)13/h2-5H,1H3,(H,14,16)(H,15,17). The van der Waals surface area contributed by atoms with Crippen molar-refractivity contribution in [2.24, 2.45) is 0 Å². The lowest BCUT2D eigenvalue weighted by atomic mass is 10.2. The Balaban J connectivity index is 2.22. The van der Waals surface area contributed by atoms with Crippen LogP contribution in [0, 0.1) is 6.92 Å². The smallest absolute Gasteiger partial charge is 0.259 e. The fourth-order valence-corrected chi connectivity index (χ4v) is 2.51. The molecule has 1 amide bonds. The highest BCUT2D eigenvalue weighted by Gasteiger charge is 2.12. The van der Waals surface area contributed by atoms with Gasteiger partial charge in [0.05, 0.1) is 17.4 Å². The van der Waals surface area contributed by atoms with E-state index in [1.54, 1.807) is 6.92 Å². The number of amides is 1. The summed E-state index contributed by atoms with van der Waals surface area (Å²) in [6, 6.07) is 5.56. The SMILES string of the molecule is Cc1[nH]ncc1C(=O)Nc1ccc(Br)cc1Br. The second-order valence-corrected chi connectivity index (χ2v) is 5.26. The molecule has 0 aliphatic rings. The highest BCUT2D eigenvalue weighted by Crippen LogP contribution is 2.26. The van der Waals surface area contributed by atoms with Gasteiger partial charge in [-0.05, 0) is 41.1 Å². The number of nitrogens with zero attached hydrogens (tertiary/aromatic N) is 1. The van der Waals surface area contributed by atoms with Crippen molar-refractivity contribution >= 4 is 43.5 Å². The van der Waals surface area contributed by atoms with Gasteiger partial charge in [-0.1, -0.05) is 15.9 Å². The minimum absolute atomic E-state index is 0.181. The molecule has 0 aliphatic carbocycles. The molecule has 17 heavy (non-hydrogen) atoms. The van der Waals surface area contributed by atoms with Crippen molar-refractivity contribution < 1.29 is 4.79 Å². The maximum absolute atomic E-state index is 11.9. The molecule has 2 N–H and O–H groups in total. The van der Waals surface area contributed by atoms with Crippen LogP contribution in [0.2, 0.25) is 0 Å². The van der Waals surface area contributed by atoms with Crippen LogP contribution in [0.25, 0.3) is 0 Å². The third kappa shape index (κ3) is 2.76. The van der Waals surface area contributed by atoms with Crippen molar-refractivity contribution in [3.8, 4) is 0 Å². The molecule has 0 spiro atoms. The summed E-state index contributed by atoms with van der Waals surface area (Å²) in [6.07, 6.45) is 1.51. The van der Waals surface area contributed by atoms with Gasteiger partial charge in [0.25, 0.3) is 5.91 Å². The molecular formula is C11H9Br2N3O. The lowest BCUT2D eigenvalue weighted by molar-refractivity contribution is 0.102. The number of H-pyrrole nitrogens is 1. The lowest BCUT2D eigenvalue weighted by Gasteiger charge is -2.07. The number of nitrogens with one attached hydrogen (secondary N) is 2. The van der Waals surface area contributed by atoms with Crippen LogP contribution in [-0.2, 0) is 0 Å². The van der Waals surface area contributed by atoms with Crippen LogP contribution < -0.4 is 5.32 Å². The van der Waals surface area contributed by atoms with Crippen molar-refractivity contribution in [3.05, 3.63) is 44.6 Å². The van der Waals surface area contributed by atoms with Crippen molar-refractivity contribution in [3.63, 3.8) is 0 Å². The Hall–Kier alpha value is -1.14. The van der Waals surface area contributed by atoms with Crippen LogP contribution in [0.1, 0.15) is 16.1 Å². The van der Waals surface area contributed by atoms with Crippen molar-refractivity contribution in [1.29, 1.82) is 0 Å². The molecule has 0 saturated heterocycles. The molecule has 1 heterocycles. The molecule has 2 rings (SSSR count). The van der Waals surface area contributed by atoms with E-state index in [0.717, 1.165) is 20.3 Å². The molecule has 0 saturated carbocycles. The van der Waals surface area contributed by atoms with E-state index in [1.165, 1.54) is 6.20 Å². The molecule has 1 aromatic carbocycles. The van der Waals surface area contributed by atoms with Crippen LogP contribution >= 0.6 is 31.9 Å². The van der Waals surface area contributed by atoms with Gasteiger partial charge in [0, 0.05) is 14.6 Å². The van der Waals surface area contributed by atoms with E-state index in [-0.39, 0.29) is 5.91 Å². The summed E-state index contributed by atoms with van der Waals surface area (Å²) in [5.74, 6) is -0.181. The Morgan fingerprint density at radius 1 is 1.41 bits per heavy atom. The second-order valence-electron chi connectivity index (χ2n) is 3.49. The number of carbonyl (C=O) groups is 1. The zero-order chi connectivity index (χ0) is 12.4. The molecule has 88 valence electrons. The first-order valence-corrected chi connectivity index (χ1v) is 6.43. The number of aromatic amines is 1. The van der Waals surface area contributed by atoms with E-state index in [4.69, 9.17) is 0 Å². The molecule has 0 atom stereocenters. The van der Waals surface area contributed by atoms with Crippen LogP contribution in [0.3, 0.4) is 0 Å². The highest BCUT2D eigenvalue weighted by atomic mass is 79.9. The first-order valence-electron chi connectivity index (χ1n) is 4.84. The molecule has 0 aliphatic heterocycles. The van der Waals surface area contributed by atoms with E-state index in [0.29, 0.717) is 5.56 Å². The van der Waals surface area contributed by atoms with Gasteiger partial charge >= 0.3 is 0 Å². The molecule has 4 nitrogen and oxygen atoms in total. The Bertz CT molecular complexity index is 566. The Labute approximate surface area is 115 Å². The van der Waals surface area contributed by atoms with Crippen LogP contribution in [0.5, 0.6) is 0 Å². The van der Waals surface area contributed by atoms with Crippen LogP contribution in [-0.4, -0.2) is 16.1 Å². The monoisotopic (exact) mass is 357 g/mol. The Morgan fingerprint density at radius 2 is 2.18 bits per heavy atom. The second kappa shape index (κ2) is 5.01. The van der Waals surface area contributed by atoms with Crippen LogP contribution in [0.4, 0.5) is 5.69 Å². The summed E-state index contributed by atoms with van der Waals surface area (Å²) in [7, 11) is 0. The predicted octanol–water partition coefficient (Wildman–Crippen LogP) is 3.50. The number of anilines is 1. The summed E-state index contributed by atoms with van der Waals surface area (Å²) >= 11 is 6.74. The van der Waals surface area contributed by atoms with Gasteiger partial charge in [-0.2, -0.15) is 5.10 Å². The number of rotatable bonds is 2. The van der Waals surface area contributed by atoms with Crippen molar-refractivity contribution in [1.82, 2.24) is 10.2 Å². The fourth-order valence-electron chi connectivity index (χ4n) is 1.36. The minimum Gasteiger partial charge on any atom is -0.321 e. The largest absolute Gasteiger partial charge is 0.321 e. The number of carbonyl (C=O) groups excluding carboxylic acids is 1. The average molecular weight is 359 g/mol. The number of halogens is 2. The van der Waals surface area contributed by atoms with Crippen molar-refractivity contribution in [2.75, 3.05) is 5.32 Å². The normalized spacial score (nSPS) is 10.3. The molecule has 0 radical (unpaired) electrons. The average Bonchev–Trinajstić information content (AvgIpc) is 2.68. The minimum atomic E-state index is -0.181. The van der Waals surface area contributed by atoms with Gasteiger partial charge in [-0.15, -0.1) is 0 Å². The summed E-state index contributed by atoms with van der Waals surface area (Å²) in [5.41, 5.74) is 2.01. The fraction of sp³-hybridized carbons (Fsp3) is 0.0909. The number of hydrogen-bond acceptors (Lipinski definition) is 2. The molecule has 0 unspecified atom stereocenters. The van der Waals surface area contributed by atoms with Gasteiger partial charge in [0.1, 0.15) is 0 Å². The van der Waals surface area contributed by atoms with Crippen molar-refractivity contribution in [2.45, 2.75) is 6.92 Å². The number of aryl methyl sites for hydroxylation is 1. The summed E-state index contributed by atoms with van der Waals surface area (Å²) in [4.78, 5) is 11.9. The molecule has 6 heteroatoms. The van der Waals surface area contributed by atoms with E-state index in [2.05, 4.69) is 47.4 Å². The first kappa shape index (κ1) is 12.3. The first-order chi connectivity index (χ1) is 8.08. The van der Waals surface area contributed by atoms with Gasteiger partial charge in [-0.25, -0.2) is 0 Å². The summed E-state index contributed by atoms with van der Waals surface area (Å²) < 4.78 is 1.77. The summed E-state index contributed by atoms with van der Waals surface area (Å²) in [5, 5.41) is 9.36. The van der Waals surface area contributed by atoms with E-state index >= 15 is 0 Å².